The largest absolute Gasteiger partial charge is 0.363 e. The van der Waals surface area contributed by atoms with Gasteiger partial charge in [0.1, 0.15) is 6.26 Å². The first-order valence-corrected chi connectivity index (χ1v) is 7.31. The van der Waals surface area contributed by atoms with Crippen molar-refractivity contribution in [2.45, 2.75) is 0 Å². The van der Waals surface area contributed by atoms with E-state index in [4.69, 9.17) is 4.52 Å². The Hall–Kier alpha value is -2.54. The summed E-state index contributed by atoms with van der Waals surface area (Å²) in [6, 6.07) is 9.09. The first-order chi connectivity index (χ1) is 9.61. The Labute approximate surface area is 115 Å². The van der Waals surface area contributed by atoms with Gasteiger partial charge in [-0.1, -0.05) is 29.9 Å². The number of hydrogen-bond donors (Lipinski definition) is 1. The van der Waals surface area contributed by atoms with Crippen molar-refractivity contribution in [1.29, 1.82) is 0 Å². The van der Waals surface area contributed by atoms with Gasteiger partial charge in [0.25, 0.3) is 10.0 Å². The lowest BCUT2D eigenvalue weighted by Crippen LogP contribution is -2.07. The molecule has 0 unspecified atom stereocenters. The Kier molecular flexibility index (Phi) is 2.83. The van der Waals surface area contributed by atoms with E-state index in [-0.39, 0.29) is 0 Å². The molecule has 0 bridgehead atoms. The lowest BCUT2D eigenvalue weighted by Gasteiger charge is -2.01. The summed E-state index contributed by atoms with van der Waals surface area (Å²) in [6.45, 7) is 3.28. The van der Waals surface area contributed by atoms with Crippen molar-refractivity contribution in [1.82, 2.24) is 9.72 Å². The number of nitrogens with zero attached hydrogens (tertiary/aromatic N) is 2. The molecular weight excluding hydrogens is 278 g/mol. The number of benzene rings is 1. The van der Waals surface area contributed by atoms with Gasteiger partial charge in [0.05, 0.1) is 11.2 Å². The molecule has 1 N–H and O–H groups in total. The zero-order valence-electron chi connectivity index (χ0n) is 10.4. The Morgan fingerprint density at radius 1 is 1.30 bits per heavy atom. The zero-order chi connectivity index (χ0) is 14.2. The quantitative estimate of drug-likeness (QED) is 0.800. The summed E-state index contributed by atoms with van der Waals surface area (Å²) in [6.07, 6.45) is 3.11. The Morgan fingerprint density at radius 3 is 2.80 bits per heavy atom. The Balaban J connectivity index is 2.22. The number of fused-ring (bicyclic) bond motifs is 1. The molecule has 0 saturated heterocycles. The SMILES string of the molecule is C=CS(=O)(=O)Nc1cn(-c2ccon2)c2ccccc12. The first-order valence-electron chi connectivity index (χ1n) is 5.77. The highest BCUT2D eigenvalue weighted by Gasteiger charge is 2.14. The van der Waals surface area contributed by atoms with Gasteiger partial charge in [-0.3, -0.25) is 9.29 Å². The third-order valence-electron chi connectivity index (χ3n) is 2.85. The van der Waals surface area contributed by atoms with Crippen LogP contribution in [0.4, 0.5) is 5.69 Å². The summed E-state index contributed by atoms with van der Waals surface area (Å²) in [5.41, 5.74) is 1.28. The van der Waals surface area contributed by atoms with Gasteiger partial charge in [0.15, 0.2) is 5.82 Å². The van der Waals surface area contributed by atoms with Gasteiger partial charge in [-0.2, -0.15) is 0 Å². The fourth-order valence-electron chi connectivity index (χ4n) is 1.98. The van der Waals surface area contributed by atoms with Gasteiger partial charge in [0, 0.05) is 23.1 Å². The fourth-order valence-corrected chi connectivity index (χ4v) is 2.53. The van der Waals surface area contributed by atoms with E-state index in [0.29, 0.717) is 11.5 Å². The standard InChI is InChI=1S/C13H11N3O3S/c1-2-20(17,18)15-11-9-16(13-7-8-19-14-13)12-6-4-3-5-10(11)12/h2-9,15H,1H2. The summed E-state index contributed by atoms with van der Waals surface area (Å²) < 4.78 is 32.3. The number of rotatable bonds is 4. The highest BCUT2D eigenvalue weighted by Crippen LogP contribution is 2.28. The van der Waals surface area contributed by atoms with Crippen molar-refractivity contribution in [3.63, 3.8) is 0 Å². The maximum atomic E-state index is 11.6. The van der Waals surface area contributed by atoms with Crippen molar-refractivity contribution in [3.05, 3.63) is 54.8 Å². The van der Waals surface area contributed by atoms with Crippen LogP contribution in [0, 0.1) is 0 Å². The number of anilines is 1. The monoisotopic (exact) mass is 289 g/mol. The molecular formula is C13H11N3O3S. The van der Waals surface area contributed by atoms with Crippen molar-refractivity contribution < 1.29 is 12.9 Å². The third-order valence-corrected chi connectivity index (χ3v) is 3.80. The molecule has 6 nitrogen and oxygen atoms in total. The molecule has 7 heteroatoms. The van der Waals surface area contributed by atoms with Crippen molar-refractivity contribution in [2.24, 2.45) is 0 Å². The topological polar surface area (TPSA) is 77.1 Å². The predicted molar refractivity (Wildman–Crippen MR) is 76.1 cm³/mol. The Bertz CT molecular complexity index is 864. The van der Waals surface area contributed by atoms with Crippen LogP contribution in [0.5, 0.6) is 0 Å². The molecule has 0 saturated carbocycles. The molecule has 2 aromatic heterocycles. The second kappa shape index (κ2) is 4.53. The second-order valence-corrected chi connectivity index (χ2v) is 5.73. The highest BCUT2D eigenvalue weighted by atomic mass is 32.2. The van der Waals surface area contributed by atoms with Gasteiger partial charge >= 0.3 is 0 Å². The van der Waals surface area contributed by atoms with Crippen LogP contribution in [0.3, 0.4) is 0 Å². The minimum Gasteiger partial charge on any atom is -0.363 e. The molecule has 0 aliphatic heterocycles. The minimum absolute atomic E-state index is 0.462. The zero-order valence-corrected chi connectivity index (χ0v) is 11.2. The smallest absolute Gasteiger partial charge is 0.254 e. The maximum Gasteiger partial charge on any atom is 0.254 e. The van der Waals surface area contributed by atoms with Gasteiger partial charge < -0.3 is 4.52 Å². The van der Waals surface area contributed by atoms with E-state index in [1.54, 1.807) is 16.8 Å². The van der Waals surface area contributed by atoms with Crippen LogP contribution in [0.2, 0.25) is 0 Å². The molecule has 0 radical (unpaired) electrons. The number of nitrogens with one attached hydrogen (secondary N) is 1. The van der Waals surface area contributed by atoms with E-state index >= 15 is 0 Å². The molecule has 3 rings (SSSR count). The van der Waals surface area contributed by atoms with Gasteiger partial charge in [-0.15, -0.1) is 0 Å². The molecule has 0 spiro atoms. The normalized spacial score (nSPS) is 11.6. The van der Waals surface area contributed by atoms with Crippen LogP contribution in [0.25, 0.3) is 16.7 Å². The third kappa shape index (κ3) is 2.08. The van der Waals surface area contributed by atoms with Gasteiger partial charge in [0.2, 0.25) is 0 Å². The Morgan fingerprint density at radius 2 is 2.10 bits per heavy atom. The molecule has 1 aromatic carbocycles. The van der Waals surface area contributed by atoms with Crippen LogP contribution in [0.15, 0.2) is 59.3 Å². The number of para-hydroxylation sites is 1. The average molecular weight is 289 g/mol. The maximum absolute atomic E-state index is 11.6. The summed E-state index contributed by atoms with van der Waals surface area (Å²) in [4.78, 5) is 0. The summed E-state index contributed by atoms with van der Waals surface area (Å²) in [7, 11) is -3.56. The van der Waals surface area contributed by atoms with E-state index in [0.717, 1.165) is 16.3 Å². The number of sulfonamides is 1. The fraction of sp³-hybridized carbons (Fsp3) is 0. The molecule has 20 heavy (non-hydrogen) atoms. The van der Waals surface area contributed by atoms with Crippen molar-refractivity contribution >= 4 is 26.6 Å². The molecule has 0 aliphatic carbocycles. The second-order valence-electron chi connectivity index (χ2n) is 4.10. The number of hydrogen-bond acceptors (Lipinski definition) is 4. The average Bonchev–Trinajstić information content (AvgIpc) is 3.07. The van der Waals surface area contributed by atoms with Gasteiger partial charge in [-0.25, -0.2) is 8.42 Å². The van der Waals surface area contributed by atoms with Crippen LogP contribution < -0.4 is 4.72 Å². The molecule has 0 fully saturated rings. The van der Waals surface area contributed by atoms with E-state index < -0.39 is 10.0 Å². The van der Waals surface area contributed by atoms with Crippen LogP contribution >= 0.6 is 0 Å². The van der Waals surface area contributed by atoms with E-state index in [1.165, 1.54) is 6.26 Å². The van der Waals surface area contributed by atoms with Crippen molar-refractivity contribution in [3.8, 4) is 5.82 Å². The molecule has 102 valence electrons. The van der Waals surface area contributed by atoms with Crippen molar-refractivity contribution in [2.75, 3.05) is 4.72 Å². The predicted octanol–water partition coefficient (Wildman–Crippen LogP) is 2.50. The van der Waals surface area contributed by atoms with Crippen LogP contribution in [-0.2, 0) is 10.0 Å². The molecule has 0 aliphatic rings. The number of aromatic nitrogens is 2. The van der Waals surface area contributed by atoms with E-state index in [2.05, 4.69) is 16.5 Å². The lowest BCUT2D eigenvalue weighted by molar-refractivity contribution is 0.417. The van der Waals surface area contributed by atoms with E-state index in [9.17, 15) is 8.42 Å². The molecule has 0 amide bonds. The van der Waals surface area contributed by atoms with Crippen LogP contribution in [-0.4, -0.2) is 18.1 Å². The summed E-state index contributed by atoms with van der Waals surface area (Å²) in [5.74, 6) is 0.574. The highest BCUT2D eigenvalue weighted by molar-refractivity contribution is 7.95. The minimum atomic E-state index is -3.56. The lowest BCUT2D eigenvalue weighted by atomic mass is 10.2. The van der Waals surface area contributed by atoms with Gasteiger partial charge in [-0.05, 0) is 6.07 Å². The van der Waals surface area contributed by atoms with Crippen LogP contribution in [0.1, 0.15) is 0 Å². The molecule has 3 aromatic rings. The van der Waals surface area contributed by atoms with E-state index in [1.807, 2.05) is 24.3 Å². The molecule has 2 heterocycles. The first kappa shape index (κ1) is 12.5. The summed E-state index contributed by atoms with van der Waals surface area (Å²) in [5, 5.41) is 5.49. The molecule has 0 atom stereocenters. The summed E-state index contributed by atoms with van der Waals surface area (Å²) >= 11 is 0.